The zero-order valence-electron chi connectivity index (χ0n) is 11.9. The lowest BCUT2D eigenvalue weighted by Gasteiger charge is -2.14. The minimum Gasteiger partial charge on any atom is -0.143 e. The second-order valence-corrected chi connectivity index (χ2v) is 8.19. The lowest BCUT2D eigenvalue weighted by molar-refractivity contribution is 0.802. The molecule has 1 rings (SSSR count). The first-order valence-corrected chi connectivity index (χ1v) is 7.66. The van der Waals surface area contributed by atoms with Crippen molar-refractivity contribution in [1.82, 2.24) is 0 Å². The van der Waals surface area contributed by atoms with Crippen LogP contribution in [0, 0.1) is 6.92 Å². The molecule has 0 spiro atoms. The van der Waals surface area contributed by atoms with Gasteiger partial charge in [0.25, 0.3) is 0 Å². The molecule has 0 radical (unpaired) electrons. The first kappa shape index (κ1) is 15.7. The maximum atomic E-state index is 4.42. The van der Waals surface area contributed by atoms with Crippen LogP contribution in [0.5, 0.6) is 0 Å². The normalized spacial score (nSPS) is 12.7. The highest BCUT2D eigenvalue weighted by atomic mass is 79.9. The summed E-state index contributed by atoms with van der Waals surface area (Å²) >= 11 is 5.05. The van der Waals surface area contributed by atoms with E-state index in [1.165, 1.54) is 17.5 Å². The van der Waals surface area contributed by atoms with E-state index >= 15 is 0 Å². The van der Waals surface area contributed by atoms with Crippen molar-refractivity contribution < 1.29 is 0 Å². The molecular formula is C14H21BrN2S. The number of hydrogen-bond donors (Lipinski definition) is 0. The average Bonchev–Trinajstić information content (AvgIpc) is 2.18. The fourth-order valence-corrected chi connectivity index (χ4v) is 2.48. The van der Waals surface area contributed by atoms with Crippen molar-refractivity contribution in [3.63, 3.8) is 0 Å². The van der Waals surface area contributed by atoms with E-state index in [1.807, 2.05) is 0 Å². The Labute approximate surface area is 123 Å². The van der Waals surface area contributed by atoms with Crippen molar-refractivity contribution in [2.45, 2.75) is 52.2 Å². The SMILES string of the molecule is Cc1cc(Br)cc(C(C)C)c1N=NSC(C)(C)C. The molecule has 0 unspecified atom stereocenters. The van der Waals surface area contributed by atoms with Gasteiger partial charge in [0.1, 0.15) is 0 Å². The zero-order chi connectivity index (χ0) is 13.9. The number of benzene rings is 1. The maximum Gasteiger partial charge on any atom is 0.0927 e. The summed E-state index contributed by atoms with van der Waals surface area (Å²) in [5, 5.41) is 4.42. The monoisotopic (exact) mass is 328 g/mol. The molecule has 0 fully saturated rings. The molecule has 2 nitrogen and oxygen atoms in total. The Morgan fingerprint density at radius 1 is 1.22 bits per heavy atom. The summed E-state index contributed by atoms with van der Waals surface area (Å²) in [5.41, 5.74) is 3.40. The third kappa shape index (κ3) is 4.73. The van der Waals surface area contributed by atoms with E-state index in [0.717, 1.165) is 15.7 Å². The Morgan fingerprint density at radius 3 is 2.33 bits per heavy atom. The van der Waals surface area contributed by atoms with E-state index in [2.05, 4.69) is 79.2 Å². The van der Waals surface area contributed by atoms with Gasteiger partial charge < -0.3 is 0 Å². The smallest absolute Gasteiger partial charge is 0.0927 e. The van der Waals surface area contributed by atoms with Crippen LogP contribution in [-0.2, 0) is 0 Å². The van der Waals surface area contributed by atoms with Gasteiger partial charge in [-0.2, -0.15) is 0 Å². The third-order valence-electron chi connectivity index (χ3n) is 2.37. The van der Waals surface area contributed by atoms with Crippen molar-refractivity contribution in [2.24, 2.45) is 9.63 Å². The molecule has 0 aliphatic carbocycles. The van der Waals surface area contributed by atoms with Crippen molar-refractivity contribution in [3.8, 4) is 0 Å². The fraction of sp³-hybridized carbons (Fsp3) is 0.571. The summed E-state index contributed by atoms with van der Waals surface area (Å²) < 4.78 is 5.48. The molecule has 0 bridgehead atoms. The Hall–Kier alpha value is -0.350. The van der Waals surface area contributed by atoms with Gasteiger partial charge in [0.05, 0.1) is 5.69 Å². The minimum atomic E-state index is 0.102. The lowest BCUT2D eigenvalue weighted by Crippen LogP contribution is -2.04. The molecule has 0 amide bonds. The number of hydrogen-bond acceptors (Lipinski definition) is 3. The van der Waals surface area contributed by atoms with Gasteiger partial charge in [-0.25, -0.2) is 0 Å². The summed E-state index contributed by atoms with van der Waals surface area (Å²) in [6.07, 6.45) is 0. The van der Waals surface area contributed by atoms with Gasteiger partial charge in [-0.3, -0.25) is 0 Å². The van der Waals surface area contributed by atoms with Gasteiger partial charge in [-0.05, 0) is 56.9 Å². The lowest BCUT2D eigenvalue weighted by atomic mass is 9.99. The van der Waals surface area contributed by atoms with E-state index in [1.54, 1.807) is 0 Å². The molecule has 0 aliphatic heterocycles. The quantitative estimate of drug-likeness (QED) is 0.464. The van der Waals surface area contributed by atoms with Gasteiger partial charge in [0.15, 0.2) is 0 Å². The zero-order valence-corrected chi connectivity index (χ0v) is 14.3. The van der Waals surface area contributed by atoms with Crippen LogP contribution in [0.15, 0.2) is 26.2 Å². The topological polar surface area (TPSA) is 24.7 Å². The largest absolute Gasteiger partial charge is 0.143 e. The number of aryl methyl sites for hydroxylation is 1. The second kappa shape index (κ2) is 6.20. The Kier molecular flexibility index (Phi) is 5.41. The highest BCUT2D eigenvalue weighted by Crippen LogP contribution is 2.35. The van der Waals surface area contributed by atoms with Crippen LogP contribution in [0.1, 0.15) is 51.7 Å². The molecule has 0 atom stereocenters. The van der Waals surface area contributed by atoms with Gasteiger partial charge in [0, 0.05) is 21.2 Å². The van der Waals surface area contributed by atoms with Crippen molar-refractivity contribution in [3.05, 3.63) is 27.7 Å². The van der Waals surface area contributed by atoms with Crippen molar-refractivity contribution in [2.75, 3.05) is 0 Å². The molecule has 0 N–H and O–H groups in total. The predicted octanol–water partition coefficient (Wildman–Crippen LogP) is 6.41. The summed E-state index contributed by atoms with van der Waals surface area (Å²) in [6.45, 7) is 12.8. The number of nitrogens with zero attached hydrogens (tertiary/aromatic N) is 2. The number of halogens is 1. The molecule has 0 heterocycles. The van der Waals surface area contributed by atoms with Crippen LogP contribution >= 0.6 is 27.9 Å². The standard InChI is InChI=1S/C14H21BrN2S/c1-9(2)12-8-11(15)7-10(3)13(12)16-17-18-14(4,5)6/h7-9H,1-6H3. The predicted molar refractivity (Wildman–Crippen MR) is 84.8 cm³/mol. The molecular weight excluding hydrogens is 308 g/mol. The van der Waals surface area contributed by atoms with Crippen LogP contribution in [0.25, 0.3) is 0 Å². The van der Waals surface area contributed by atoms with Crippen LogP contribution in [0.3, 0.4) is 0 Å². The summed E-state index contributed by atoms with van der Waals surface area (Å²) in [5.74, 6) is 0.440. The molecule has 1 aromatic rings. The van der Waals surface area contributed by atoms with E-state index < -0.39 is 0 Å². The molecule has 1 aromatic carbocycles. The van der Waals surface area contributed by atoms with Gasteiger partial charge in [-0.15, -0.1) is 9.63 Å². The van der Waals surface area contributed by atoms with Crippen LogP contribution in [-0.4, -0.2) is 4.75 Å². The fourth-order valence-electron chi connectivity index (χ4n) is 1.52. The van der Waals surface area contributed by atoms with Gasteiger partial charge >= 0.3 is 0 Å². The Balaban J connectivity index is 3.08. The maximum absolute atomic E-state index is 4.42. The molecule has 0 aromatic heterocycles. The van der Waals surface area contributed by atoms with E-state index in [-0.39, 0.29) is 4.75 Å². The third-order valence-corrected chi connectivity index (χ3v) is 3.54. The highest BCUT2D eigenvalue weighted by Gasteiger charge is 2.13. The van der Waals surface area contributed by atoms with Crippen LogP contribution in [0.4, 0.5) is 5.69 Å². The van der Waals surface area contributed by atoms with Crippen LogP contribution in [0.2, 0.25) is 0 Å². The van der Waals surface area contributed by atoms with E-state index in [9.17, 15) is 0 Å². The molecule has 4 heteroatoms. The average molecular weight is 329 g/mol. The summed E-state index contributed by atoms with van der Waals surface area (Å²) in [7, 11) is 0. The summed E-state index contributed by atoms with van der Waals surface area (Å²) in [4.78, 5) is 0. The van der Waals surface area contributed by atoms with E-state index in [0.29, 0.717) is 5.92 Å². The second-order valence-electron chi connectivity index (χ2n) is 5.70. The highest BCUT2D eigenvalue weighted by molar-refractivity contribution is 9.10. The minimum absolute atomic E-state index is 0.102. The molecule has 0 saturated carbocycles. The molecule has 100 valence electrons. The molecule has 18 heavy (non-hydrogen) atoms. The number of rotatable bonds is 3. The Bertz CT molecular complexity index is 448. The van der Waals surface area contributed by atoms with E-state index in [4.69, 9.17) is 0 Å². The first-order valence-electron chi connectivity index (χ1n) is 6.10. The van der Waals surface area contributed by atoms with Gasteiger partial charge in [-0.1, -0.05) is 29.8 Å². The van der Waals surface area contributed by atoms with Crippen molar-refractivity contribution in [1.29, 1.82) is 0 Å². The van der Waals surface area contributed by atoms with Gasteiger partial charge in [0.2, 0.25) is 0 Å². The van der Waals surface area contributed by atoms with Crippen molar-refractivity contribution >= 4 is 33.6 Å². The summed E-state index contributed by atoms with van der Waals surface area (Å²) in [6, 6.07) is 4.22. The molecule has 0 aliphatic rings. The Morgan fingerprint density at radius 2 is 1.83 bits per heavy atom. The van der Waals surface area contributed by atoms with Crippen LogP contribution < -0.4 is 0 Å². The first-order chi connectivity index (χ1) is 8.20. The molecule has 0 saturated heterocycles.